The first-order chi connectivity index (χ1) is 14.5. The van der Waals surface area contributed by atoms with Crippen molar-refractivity contribution in [2.45, 2.75) is 19.9 Å². The number of nitrogens with zero attached hydrogens (tertiary/aromatic N) is 4. The maximum Gasteiger partial charge on any atom is 0.257 e. The van der Waals surface area contributed by atoms with Crippen LogP contribution in [0.15, 0.2) is 67.3 Å². The second-order valence-electron chi connectivity index (χ2n) is 7.04. The molecule has 0 aliphatic rings. The lowest BCUT2D eigenvalue weighted by molar-refractivity contribution is 0.101. The van der Waals surface area contributed by atoms with E-state index in [1.807, 2.05) is 18.5 Å². The Labute approximate surface area is 173 Å². The van der Waals surface area contributed by atoms with Crippen LogP contribution in [0.5, 0.6) is 0 Å². The van der Waals surface area contributed by atoms with E-state index in [1.165, 1.54) is 6.20 Å². The molecule has 2 N–H and O–H groups in total. The van der Waals surface area contributed by atoms with E-state index in [9.17, 15) is 9.59 Å². The van der Waals surface area contributed by atoms with Crippen molar-refractivity contribution in [3.8, 4) is 0 Å². The van der Waals surface area contributed by atoms with Gasteiger partial charge in [-0.15, -0.1) is 0 Å². The molecule has 0 spiro atoms. The number of rotatable bonds is 5. The molecule has 0 fully saturated rings. The molecule has 4 rings (SSSR count). The number of nitrogens with one attached hydrogen (secondary N) is 2. The number of amides is 2. The fourth-order valence-electron chi connectivity index (χ4n) is 3.02. The smallest absolute Gasteiger partial charge is 0.257 e. The maximum atomic E-state index is 12.7. The molecule has 0 atom stereocenters. The monoisotopic (exact) mass is 400 g/mol. The minimum absolute atomic E-state index is 0.177. The number of anilines is 2. The third kappa shape index (κ3) is 4.02. The lowest BCUT2D eigenvalue weighted by Crippen LogP contribution is -2.15. The molecule has 0 radical (unpaired) electrons. The molecule has 0 aliphatic carbocycles. The van der Waals surface area contributed by atoms with Crippen molar-refractivity contribution in [2.75, 3.05) is 10.6 Å². The van der Waals surface area contributed by atoms with Gasteiger partial charge in [-0.3, -0.25) is 14.6 Å². The van der Waals surface area contributed by atoms with E-state index in [-0.39, 0.29) is 17.9 Å². The Balaban J connectivity index is 1.50. The molecule has 30 heavy (non-hydrogen) atoms. The van der Waals surface area contributed by atoms with Gasteiger partial charge in [0.15, 0.2) is 5.65 Å². The number of pyridine rings is 2. The summed E-state index contributed by atoms with van der Waals surface area (Å²) in [4.78, 5) is 33.5. The van der Waals surface area contributed by atoms with Crippen LogP contribution in [0.1, 0.15) is 40.6 Å². The molecule has 2 amide bonds. The second kappa shape index (κ2) is 8.12. The van der Waals surface area contributed by atoms with Crippen LogP contribution in [0.3, 0.4) is 0 Å². The highest BCUT2D eigenvalue weighted by Crippen LogP contribution is 2.18. The summed E-state index contributed by atoms with van der Waals surface area (Å²) in [7, 11) is 0. The van der Waals surface area contributed by atoms with E-state index in [0.717, 1.165) is 11.0 Å². The van der Waals surface area contributed by atoms with Crippen molar-refractivity contribution in [2.24, 2.45) is 0 Å². The Hall–Kier alpha value is -4.07. The summed E-state index contributed by atoms with van der Waals surface area (Å²) in [6, 6.07) is 12.1. The summed E-state index contributed by atoms with van der Waals surface area (Å²) in [6.07, 6.45) is 6.42. The number of hydrogen-bond donors (Lipinski definition) is 2. The van der Waals surface area contributed by atoms with E-state index >= 15 is 0 Å². The van der Waals surface area contributed by atoms with E-state index in [1.54, 1.807) is 61.1 Å². The Morgan fingerprint density at radius 2 is 1.63 bits per heavy atom. The van der Waals surface area contributed by atoms with Crippen molar-refractivity contribution in [3.63, 3.8) is 0 Å². The van der Waals surface area contributed by atoms with Crippen molar-refractivity contribution >= 4 is 34.2 Å². The molecule has 0 aliphatic heterocycles. The summed E-state index contributed by atoms with van der Waals surface area (Å²) in [5.74, 6) is -0.588. The van der Waals surface area contributed by atoms with E-state index in [0.29, 0.717) is 22.5 Å². The molecule has 1 aromatic carbocycles. The van der Waals surface area contributed by atoms with Crippen molar-refractivity contribution in [1.29, 1.82) is 0 Å². The molecular weight excluding hydrogens is 380 g/mol. The largest absolute Gasteiger partial charge is 0.322 e. The number of fused-ring (bicyclic) bond motifs is 1. The Bertz CT molecular complexity index is 1220. The maximum absolute atomic E-state index is 12.7. The Kier molecular flexibility index (Phi) is 5.21. The summed E-state index contributed by atoms with van der Waals surface area (Å²) >= 11 is 0. The predicted octanol–water partition coefficient (Wildman–Crippen LogP) is 3.91. The first-order valence-electron chi connectivity index (χ1n) is 9.47. The highest BCUT2D eigenvalue weighted by Gasteiger charge is 2.13. The van der Waals surface area contributed by atoms with Crippen LogP contribution in [-0.4, -0.2) is 31.6 Å². The molecule has 8 heteroatoms. The Morgan fingerprint density at radius 3 is 2.40 bits per heavy atom. The first-order valence-corrected chi connectivity index (χ1v) is 9.47. The second-order valence-corrected chi connectivity index (χ2v) is 7.04. The third-order valence-corrected chi connectivity index (χ3v) is 4.51. The molecular formula is C22H20N6O2. The molecule has 4 aromatic rings. The van der Waals surface area contributed by atoms with Crippen LogP contribution in [0.2, 0.25) is 0 Å². The van der Waals surface area contributed by atoms with Gasteiger partial charge in [-0.05, 0) is 50.2 Å². The zero-order chi connectivity index (χ0) is 21.1. The summed E-state index contributed by atoms with van der Waals surface area (Å²) in [6.45, 7) is 4.04. The van der Waals surface area contributed by atoms with E-state index in [2.05, 4.69) is 25.7 Å². The summed E-state index contributed by atoms with van der Waals surface area (Å²) < 4.78 is 1.81. The third-order valence-electron chi connectivity index (χ3n) is 4.51. The lowest BCUT2D eigenvalue weighted by Gasteiger charge is -2.09. The summed E-state index contributed by atoms with van der Waals surface area (Å²) in [5.41, 5.74) is 2.73. The van der Waals surface area contributed by atoms with Crippen molar-refractivity contribution < 1.29 is 9.59 Å². The minimum atomic E-state index is -0.312. The van der Waals surface area contributed by atoms with Gasteiger partial charge in [-0.25, -0.2) is 9.67 Å². The molecule has 3 heterocycles. The normalized spacial score (nSPS) is 10.9. The lowest BCUT2D eigenvalue weighted by atomic mass is 10.1. The standard InChI is InChI=1S/C22H20N6O2/c1-14(2)28-20-16(13-25-28)10-17(12-24-20)22(30)27-19-5-3-4-15(11-19)21(29)26-18-6-8-23-9-7-18/h3-14H,1-2H3,(H,27,30)(H,23,26,29). The van der Waals surface area contributed by atoms with Crippen molar-refractivity contribution in [3.05, 3.63) is 78.4 Å². The molecule has 150 valence electrons. The van der Waals surface area contributed by atoms with Crippen LogP contribution < -0.4 is 10.6 Å². The Morgan fingerprint density at radius 1 is 0.900 bits per heavy atom. The minimum Gasteiger partial charge on any atom is -0.322 e. The average molecular weight is 400 g/mol. The van der Waals surface area contributed by atoms with Gasteiger partial charge in [0.2, 0.25) is 0 Å². The van der Waals surface area contributed by atoms with Crippen LogP contribution >= 0.6 is 0 Å². The number of hydrogen-bond acceptors (Lipinski definition) is 5. The van der Waals surface area contributed by atoms with Crippen molar-refractivity contribution in [1.82, 2.24) is 19.7 Å². The fourth-order valence-corrected chi connectivity index (χ4v) is 3.02. The zero-order valence-corrected chi connectivity index (χ0v) is 16.5. The van der Waals surface area contributed by atoms with Gasteiger partial charge in [0.25, 0.3) is 11.8 Å². The molecule has 0 bridgehead atoms. The van der Waals surface area contributed by atoms with E-state index < -0.39 is 0 Å². The van der Waals surface area contributed by atoms with Gasteiger partial charge in [-0.1, -0.05) is 6.07 Å². The van der Waals surface area contributed by atoms with Gasteiger partial charge >= 0.3 is 0 Å². The van der Waals surface area contributed by atoms with Crippen LogP contribution in [-0.2, 0) is 0 Å². The quantitative estimate of drug-likeness (QED) is 0.529. The van der Waals surface area contributed by atoms with Crippen LogP contribution in [0, 0.1) is 0 Å². The number of aromatic nitrogens is 4. The SMILES string of the molecule is CC(C)n1ncc2cc(C(=O)Nc3cccc(C(=O)Nc4ccncc4)c3)cnc21. The fraction of sp³-hybridized carbons (Fsp3) is 0.136. The van der Waals surface area contributed by atoms with Crippen LogP contribution in [0.25, 0.3) is 11.0 Å². The first kappa shape index (κ1) is 19.3. The van der Waals surface area contributed by atoms with Crippen LogP contribution in [0.4, 0.5) is 11.4 Å². The van der Waals surface area contributed by atoms with Gasteiger partial charge in [0, 0.05) is 47.0 Å². The van der Waals surface area contributed by atoms with Gasteiger partial charge in [0.1, 0.15) is 0 Å². The highest BCUT2D eigenvalue weighted by atomic mass is 16.2. The summed E-state index contributed by atoms with van der Waals surface area (Å²) in [5, 5.41) is 10.7. The highest BCUT2D eigenvalue weighted by molar-refractivity contribution is 6.08. The topological polar surface area (TPSA) is 102 Å². The van der Waals surface area contributed by atoms with E-state index in [4.69, 9.17) is 0 Å². The number of carbonyl (C=O) groups is 2. The number of benzene rings is 1. The average Bonchev–Trinajstić information content (AvgIpc) is 3.18. The molecule has 0 unspecified atom stereocenters. The molecule has 8 nitrogen and oxygen atoms in total. The zero-order valence-electron chi connectivity index (χ0n) is 16.5. The molecule has 0 saturated carbocycles. The van der Waals surface area contributed by atoms with Gasteiger partial charge in [0.05, 0.1) is 11.8 Å². The number of carbonyl (C=O) groups excluding carboxylic acids is 2. The molecule has 3 aromatic heterocycles. The van der Waals surface area contributed by atoms with Gasteiger partial charge < -0.3 is 10.6 Å². The van der Waals surface area contributed by atoms with Gasteiger partial charge in [-0.2, -0.15) is 5.10 Å². The molecule has 0 saturated heterocycles. The predicted molar refractivity (Wildman–Crippen MR) is 114 cm³/mol.